The van der Waals surface area contributed by atoms with Gasteiger partial charge in [-0.05, 0) is 17.7 Å². The monoisotopic (exact) mass is 298 g/mol. The number of carbonyl (C=O) groups is 2. The molecule has 1 saturated heterocycles. The van der Waals surface area contributed by atoms with Crippen LogP contribution in [-0.2, 0) is 10.4 Å². The molecule has 2 rings (SSSR count). The Balaban J connectivity index is 1.85. The number of carboxylic acid groups (broad SMARTS) is 1. The van der Waals surface area contributed by atoms with Crippen molar-refractivity contribution in [3.05, 3.63) is 34.9 Å². The Morgan fingerprint density at radius 2 is 1.90 bits per heavy atom. The van der Waals surface area contributed by atoms with Gasteiger partial charge in [0.1, 0.15) is 5.60 Å². The summed E-state index contributed by atoms with van der Waals surface area (Å²) in [5.41, 5.74) is -0.356. The van der Waals surface area contributed by atoms with Crippen LogP contribution in [0.5, 0.6) is 0 Å². The standard InChI is InChI=1S/C13H15ClN2O4/c14-10-3-1-9(2-4-10)13(20)7-16(8-13)12(19)15-6-5-11(17)18/h1-4,20H,5-8H2,(H,15,19)(H,17,18). The maximum atomic E-state index is 11.7. The van der Waals surface area contributed by atoms with Gasteiger partial charge in [-0.1, -0.05) is 23.7 Å². The van der Waals surface area contributed by atoms with Crippen molar-refractivity contribution in [1.82, 2.24) is 10.2 Å². The van der Waals surface area contributed by atoms with Gasteiger partial charge in [0.05, 0.1) is 19.5 Å². The van der Waals surface area contributed by atoms with E-state index in [2.05, 4.69) is 5.32 Å². The number of benzene rings is 1. The van der Waals surface area contributed by atoms with Gasteiger partial charge in [-0.25, -0.2) is 4.79 Å². The van der Waals surface area contributed by atoms with E-state index in [9.17, 15) is 14.7 Å². The summed E-state index contributed by atoms with van der Waals surface area (Å²) < 4.78 is 0. The highest BCUT2D eigenvalue weighted by Crippen LogP contribution is 2.32. The minimum absolute atomic E-state index is 0.0735. The van der Waals surface area contributed by atoms with E-state index in [4.69, 9.17) is 16.7 Å². The second-order valence-electron chi connectivity index (χ2n) is 4.77. The topological polar surface area (TPSA) is 89.9 Å². The SMILES string of the molecule is O=C(O)CCNC(=O)N1CC(O)(c2ccc(Cl)cc2)C1. The predicted molar refractivity (Wildman–Crippen MR) is 72.6 cm³/mol. The van der Waals surface area contributed by atoms with Gasteiger partial charge >= 0.3 is 12.0 Å². The van der Waals surface area contributed by atoms with Crippen LogP contribution in [0.3, 0.4) is 0 Å². The fourth-order valence-corrected chi connectivity index (χ4v) is 2.19. The Morgan fingerprint density at radius 3 is 2.45 bits per heavy atom. The average Bonchev–Trinajstić information content (AvgIpc) is 2.35. The van der Waals surface area contributed by atoms with E-state index in [1.165, 1.54) is 4.90 Å². The number of aliphatic carboxylic acids is 1. The molecule has 6 nitrogen and oxygen atoms in total. The van der Waals surface area contributed by atoms with Crippen LogP contribution in [-0.4, -0.2) is 46.7 Å². The highest BCUT2D eigenvalue weighted by molar-refractivity contribution is 6.30. The fourth-order valence-electron chi connectivity index (χ4n) is 2.06. The maximum absolute atomic E-state index is 11.7. The molecule has 1 aromatic rings. The highest BCUT2D eigenvalue weighted by atomic mass is 35.5. The zero-order valence-corrected chi connectivity index (χ0v) is 11.4. The van der Waals surface area contributed by atoms with Gasteiger partial charge in [-0.2, -0.15) is 0 Å². The summed E-state index contributed by atoms with van der Waals surface area (Å²) >= 11 is 5.78. The number of likely N-dealkylation sites (tertiary alicyclic amines) is 1. The number of aliphatic hydroxyl groups is 1. The summed E-state index contributed by atoms with van der Waals surface area (Å²) in [5, 5.41) is 21.9. The Kier molecular flexibility index (Phi) is 4.15. The summed E-state index contributed by atoms with van der Waals surface area (Å²) in [4.78, 5) is 23.4. The van der Waals surface area contributed by atoms with Gasteiger partial charge in [-0.3, -0.25) is 4.79 Å². The third-order valence-electron chi connectivity index (χ3n) is 3.19. The third kappa shape index (κ3) is 3.20. The van der Waals surface area contributed by atoms with Crippen molar-refractivity contribution in [2.45, 2.75) is 12.0 Å². The van der Waals surface area contributed by atoms with Crippen molar-refractivity contribution in [2.75, 3.05) is 19.6 Å². The first kappa shape index (κ1) is 14.6. The van der Waals surface area contributed by atoms with Crippen molar-refractivity contribution in [1.29, 1.82) is 0 Å². The number of urea groups is 1. The van der Waals surface area contributed by atoms with E-state index >= 15 is 0 Å². The van der Waals surface area contributed by atoms with E-state index < -0.39 is 11.6 Å². The number of nitrogens with one attached hydrogen (secondary N) is 1. The van der Waals surface area contributed by atoms with Crippen molar-refractivity contribution in [2.24, 2.45) is 0 Å². The van der Waals surface area contributed by atoms with Crippen LogP contribution in [0.15, 0.2) is 24.3 Å². The van der Waals surface area contributed by atoms with Gasteiger partial charge in [0.25, 0.3) is 0 Å². The first-order valence-electron chi connectivity index (χ1n) is 6.14. The number of hydrogen-bond acceptors (Lipinski definition) is 3. The molecule has 1 aliphatic rings. The summed E-state index contributed by atoms with van der Waals surface area (Å²) in [5.74, 6) is -0.966. The molecule has 0 aromatic heterocycles. The molecule has 0 unspecified atom stereocenters. The summed E-state index contributed by atoms with van der Waals surface area (Å²) in [7, 11) is 0. The lowest BCUT2D eigenvalue weighted by Crippen LogP contribution is -2.63. The molecule has 0 saturated carbocycles. The van der Waals surface area contributed by atoms with Crippen molar-refractivity contribution in [3.8, 4) is 0 Å². The molecule has 7 heteroatoms. The first-order valence-corrected chi connectivity index (χ1v) is 6.51. The van der Waals surface area contributed by atoms with Crippen LogP contribution in [0, 0.1) is 0 Å². The van der Waals surface area contributed by atoms with Gasteiger partial charge in [0.15, 0.2) is 0 Å². The highest BCUT2D eigenvalue weighted by Gasteiger charge is 2.44. The zero-order valence-electron chi connectivity index (χ0n) is 10.7. The lowest BCUT2D eigenvalue weighted by atomic mass is 9.86. The van der Waals surface area contributed by atoms with Gasteiger partial charge < -0.3 is 20.4 Å². The number of halogens is 1. The summed E-state index contributed by atoms with van der Waals surface area (Å²) in [6, 6.07) is 6.45. The Morgan fingerprint density at radius 1 is 1.30 bits per heavy atom. The average molecular weight is 299 g/mol. The second kappa shape index (κ2) is 5.68. The van der Waals surface area contributed by atoms with Crippen LogP contribution < -0.4 is 5.32 Å². The minimum Gasteiger partial charge on any atom is -0.481 e. The maximum Gasteiger partial charge on any atom is 0.317 e. The molecule has 1 aliphatic heterocycles. The van der Waals surface area contributed by atoms with Gasteiger partial charge in [0.2, 0.25) is 0 Å². The first-order chi connectivity index (χ1) is 9.40. The van der Waals surface area contributed by atoms with E-state index in [0.29, 0.717) is 10.6 Å². The minimum atomic E-state index is -1.06. The number of nitrogens with zero attached hydrogens (tertiary/aromatic N) is 1. The van der Waals surface area contributed by atoms with Crippen LogP contribution in [0.1, 0.15) is 12.0 Å². The zero-order chi connectivity index (χ0) is 14.8. The number of amides is 2. The molecule has 108 valence electrons. The summed E-state index contributed by atoms with van der Waals surface area (Å²) in [6.07, 6.45) is -0.124. The Labute approximate surface area is 121 Å². The number of carboxylic acids is 1. The van der Waals surface area contributed by atoms with Crippen LogP contribution in [0.25, 0.3) is 0 Å². The molecule has 1 heterocycles. The molecular formula is C13H15ClN2O4. The number of β-amino-alcohol motifs (C(OH)–C–C–N with tert-alkyl or cyclic N) is 1. The molecule has 1 fully saturated rings. The molecule has 0 radical (unpaired) electrons. The summed E-state index contributed by atoms with van der Waals surface area (Å²) in [6.45, 7) is 0.422. The Bertz CT molecular complexity index is 512. The number of rotatable bonds is 4. The van der Waals surface area contributed by atoms with Crippen molar-refractivity contribution < 1.29 is 19.8 Å². The van der Waals surface area contributed by atoms with Crippen molar-refractivity contribution in [3.63, 3.8) is 0 Å². The molecule has 0 bridgehead atoms. The lowest BCUT2D eigenvalue weighted by molar-refractivity contribution is -0.136. The molecule has 0 spiro atoms. The van der Waals surface area contributed by atoms with Gasteiger partial charge in [0, 0.05) is 11.6 Å². The molecule has 0 aliphatic carbocycles. The quantitative estimate of drug-likeness (QED) is 0.774. The normalized spacial score (nSPS) is 16.4. The smallest absolute Gasteiger partial charge is 0.317 e. The fraction of sp³-hybridized carbons (Fsp3) is 0.385. The van der Waals surface area contributed by atoms with E-state index in [-0.39, 0.29) is 32.1 Å². The number of carbonyl (C=O) groups excluding carboxylic acids is 1. The largest absolute Gasteiger partial charge is 0.481 e. The second-order valence-corrected chi connectivity index (χ2v) is 5.21. The van der Waals surface area contributed by atoms with E-state index in [1.54, 1.807) is 24.3 Å². The molecule has 2 amide bonds. The molecule has 3 N–H and O–H groups in total. The lowest BCUT2D eigenvalue weighted by Gasteiger charge is -2.46. The Hall–Kier alpha value is -1.79. The van der Waals surface area contributed by atoms with Crippen LogP contribution in [0.4, 0.5) is 4.79 Å². The van der Waals surface area contributed by atoms with Gasteiger partial charge in [-0.15, -0.1) is 0 Å². The van der Waals surface area contributed by atoms with E-state index in [0.717, 1.165) is 0 Å². The number of hydrogen-bond donors (Lipinski definition) is 3. The third-order valence-corrected chi connectivity index (χ3v) is 3.44. The molecule has 20 heavy (non-hydrogen) atoms. The van der Waals surface area contributed by atoms with Crippen LogP contribution in [0.2, 0.25) is 5.02 Å². The van der Waals surface area contributed by atoms with E-state index in [1.807, 2.05) is 0 Å². The molecule has 0 atom stereocenters. The van der Waals surface area contributed by atoms with Crippen LogP contribution >= 0.6 is 11.6 Å². The molecule has 1 aromatic carbocycles. The predicted octanol–water partition coefficient (Wildman–Crippen LogP) is 1.03. The van der Waals surface area contributed by atoms with Crippen molar-refractivity contribution >= 4 is 23.6 Å². The molecular weight excluding hydrogens is 284 g/mol.